The van der Waals surface area contributed by atoms with E-state index in [-0.39, 0.29) is 17.9 Å². The summed E-state index contributed by atoms with van der Waals surface area (Å²) in [5.74, 6) is 0.127. The Hall–Kier alpha value is -2.18. The van der Waals surface area contributed by atoms with Gasteiger partial charge in [0.15, 0.2) is 0 Å². The minimum absolute atomic E-state index is 0.00374. The highest BCUT2D eigenvalue weighted by Crippen LogP contribution is 2.24. The molecule has 148 valence electrons. The lowest BCUT2D eigenvalue weighted by molar-refractivity contribution is -0.137. The number of nitrogens with zero attached hydrogens (tertiary/aromatic N) is 3. The molecular weight excluding hydrogens is 370 g/mol. The van der Waals surface area contributed by atoms with Crippen LogP contribution in [0.3, 0.4) is 0 Å². The average molecular weight is 398 g/mol. The van der Waals surface area contributed by atoms with Crippen LogP contribution in [0.15, 0.2) is 41.8 Å². The number of amides is 2. The van der Waals surface area contributed by atoms with Crippen LogP contribution < -0.4 is 0 Å². The third-order valence-corrected chi connectivity index (χ3v) is 6.73. The van der Waals surface area contributed by atoms with Gasteiger partial charge < -0.3 is 9.80 Å². The summed E-state index contributed by atoms with van der Waals surface area (Å²) >= 11 is 1.45. The van der Waals surface area contributed by atoms with Crippen LogP contribution in [0.1, 0.15) is 33.6 Å². The zero-order chi connectivity index (χ0) is 19.5. The van der Waals surface area contributed by atoms with E-state index >= 15 is 0 Å². The molecule has 1 aromatic carbocycles. The summed E-state index contributed by atoms with van der Waals surface area (Å²) in [6.07, 6.45) is 1.68. The highest BCUT2D eigenvalue weighted by Gasteiger charge is 2.37. The van der Waals surface area contributed by atoms with Crippen LogP contribution in [-0.4, -0.2) is 65.3 Å². The Labute approximate surface area is 170 Å². The molecule has 4 rings (SSSR count). The van der Waals surface area contributed by atoms with Crippen LogP contribution in [-0.2, 0) is 11.3 Å². The summed E-state index contributed by atoms with van der Waals surface area (Å²) in [6.45, 7) is 7.00. The van der Waals surface area contributed by atoms with Gasteiger partial charge in [0.25, 0.3) is 5.91 Å². The SMILES string of the molecule is Cc1ccccc1CN1CCN(C(=O)C2CCCN2C(=O)c2cccs2)CC1. The van der Waals surface area contributed by atoms with Crippen molar-refractivity contribution in [2.24, 2.45) is 0 Å². The maximum absolute atomic E-state index is 13.1. The van der Waals surface area contributed by atoms with Crippen molar-refractivity contribution in [1.29, 1.82) is 0 Å². The van der Waals surface area contributed by atoms with E-state index in [9.17, 15) is 9.59 Å². The molecule has 0 bridgehead atoms. The molecule has 1 unspecified atom stereocenters. The summed E-state index contributed by atoms with van der Waals surface area (Å²) in [5, 5.41) is 1.91. The molecule has 1 aromatic heterocycles. The lowest BCUT2D eigenvalue weighted by atomic mass is 10.1. The fraction of sp³-hybridized carbons (Fsp3) is 0.455. The highest BCUT2D eigenvalue weighted by molar-refractivity contribution is 7.12. The van der Waals surface area contributed by atoms with Crippen LogP contribution in [0, 0.1) is 6.92 Å². The van der Waals surface area contributed by atoms with Crippen molar-refractivity contribution < 1.29 is 9.59 Å². The fourth-order valence-electron chi connectivity index (χ4n) is 4.17. The summed E-state index contributed by atoms with van der Waals surface area (Å²) in [6, 6.07) is 11.9. The molecular formula is C22H27N3O2S. The van der Waals surface area contributed by atoms with Gasteiger partial charge in [-0.1, -0.05) is 30.3 Å². The minimum Gasteiger partial charge on any atom is -0.338 e. The Morgan fingerprint density at radius 1 is 1.04 bits per heavy atom. The van der Waals surface area contributed by atoms with Gasteiger partial charge in [0.2, 0.25) is 5.91 Å². The second-order valence-corrected chi connectivity index (χ2v) is 8.61. The molecule has 0 radical (unpaired) electrons. The van der Waals surface area contributed by atoms with Crippen molar-refractivity contribution in [2.45, 2.75) is 32.4 Å². The Balaban J connectivity index is 1.34. The highest BCUT2D eigenvalue weighted by atomic mass is 32.1. The van der Waals surface area contributed by atoms with Crippen molar-refractivity contribution >= 4 is 23.2 Å². The van der Waals surface area contributed by atoms with Crippen LogP contribution in [0.5, 0.6) is 0 Å². The molecule has 1 atom stereocenters. The van der Waals surface area contributed by atoms with Crippen molar-refractivity contribution in [3.8, 4) is 0 Å². The number of benzene rings is 1. The molecule has 2 saturated heterocycles. The van der Waals surface area contributed by atoms with Gasteiger partial charge in [-0.25, -0.2) is 0 Å². The summed E-state index contributed by atoms with van der Waals surface area (Å²) in [4.78, 5) is 32.8. The number of piperazine rings is 1. The molecule has 2 fully saturated rings. The Morgan fingerprint density at radius 2 is 1.82 bits per heavy atom. The second kappa shape index (κ2) is 8.45. The molecule has 28 heavy (non-hydrogen) atoms. The largest absolute Gasteiger partial charge is 0.338 e. The van der Waals surface area contributed by atoms with E-state index in [0.717, 1.165) is 50.4 Å². The Morgan fingerprint density at radius 3 is 2.54 bits per heavy atom. The molecule has 0 aliphatic carbocycles. The molecule has 0 spiro atoms. The molecule has 5 nitrogen and oxygen atoms in total. The van der Waals surface area contributed by atoms with Crippen LogP contribution in [0.25, 0.3) is 0 Å². The third kappa shape index (κ3) is 3.98. The number of rotatable bonds is 4. The van der Waals surface area contributed by atoms with E-state index in [0.29, 0.717) is 6.54 Å². The molecule has 2 aliphatic heterocycles. The normalized spacial score (nSPS) is 20.5. The number of thiophene rings is 1. The van der Waals surface area contributed by atoms with Crippen molar-refractivity contribution in [1.82, 2.24) is 14.7 Å². The van der Waals surface area contributed by atoms with E-state index in [1.54, 1.807) is 4.90 Å². The molecule has 0 N–H and O–H groups in total. The first-order valence-electron chi connectivity index (χ1n) is 10.0. The number of aryl methyl sites for hydroxylation is 1. The quantitative estimate of drug-likeness (QED) is 0.797. The van der Waals surface area contributed by atoms with Crippen molar-refractivity contribution in [3.05, 3.63) is 57.8 Å². The first-order valence-corrected chi connectivity index (χ1v) is 10.9. The first-order chi connectivity index (χ1) is 13.6. The van der Waals surface area contributed by atoms with Gasteiger partial charge in [-0.2, -0.15) is 0 Å². The van der Waals surface area contributed by atoms with E-state index < -0.39 is 0 Å². The Kier molecular flexibility index (Phi) is 5.78. The lowest BCUT2D eigenvalue weighted by Gasteiger charge is -2.37. The van der Waals surface area contributed by atoms with Crippen molar-refractivity contribution in [3.63, 3.8) is 0 Å². The van der Waals surface area contributed by atoms with E-state index in [4.69, 9.17) is 0 Å². The standard InChI is InChI=1S/C22H27N3O2S/c1-17-6-2-3-7-18(17)16-23-11-13-24(14-12-23)21(26)19-8-4-10-25(19)22(27)20-9-5-15-28-20/h2-3,5-7,9,15,19H,4,8,10-14,16H2,1H3. The van der Waals surface area contributed by atoms with Crippen molar-refractivity contribution in [2.75, 3.05) is 32.7 Å². The van der Waals surface area contributed by atoms with Gasteiger partial charge in [0, 0.05) is 39.3 Å². The number of carbonyl (C=O) groups is 2. The van der Waals surface area contributed by atoms with Gasteiger partial charge in [-0.15, -0.1) is 11.3 Å². The molecule has 6 heteroatoms. The summed E-state index contributed by atoms with van der Waals surface area (Å²) in [5.41, 5.74) is 2.67. The number of hydrogen-bond donors (Lipinski definition) is 0. The van der Waals surface area contributed by atoms with Crippen LogP contribution in [0.2, 0.25) is 0 Å². The molecule has 2 aliphatic rings. The lowest BCUT2D eigenvalue weighted by Crippen LogP contribution is -2.54. The Bertz CT molecular complexity index is 828. The van der Waals surface area contributed by atoms with Crippen LogP contribution >= 0.6 is 11.3 Å². The zero-order valence-corrected chi connectivity index (χ0v) is 17.2. The third-order valence-electron chi connectivity index (χ3n) is 5.87. The summed E-state index contributed by atoms with van der Waals surface area (Å²) < 4.78 is 0. The smallest absolute Gasteiger partial charge is 0.264 e. The monoisotopic (exact) mass is 397 g/mol. The van der Waals surface area contributed by atoms with Crippen LogP contribution in [0.4, 0.5) is 0 Å². The average Bonchev–Trinajstić information content (AvgIpc) is 3.41. The van der Waals surface area contributed by atoms with Gasteiger partial charge in [0.1, 0.15) is 6.04 Å². The maximum atomic E-state index is 13.1. The second-order valence-electron chi connectivity index (χ2n) is 7.66. The van der Waals surface area contributed by atoms with Gasteiger partial charge in [-0.05, 0) is 42.3 Å². The predicted molar refractivity (Wildman–Crippen MR) is 111 cm³/mol. The predicted octanol–water partition coefficient (Wildman–Crippen LogP) is 3.01. The summed E-state index contributed by atoms with van der Waals surface area (Å²) in [7, 11) is 0. The molecule has 2 aromatic rings. The molecule has 3 heterocycles. The topological polar surface area (TPSA) is 43.9 Å². The maximum Gasteiger partial charge on any atom is 0.264 e. The van der Waals surface area contributed by atoms with E-state index in [2.05, 4.69) is 36.1 Å². The van der Waals surface area contributed by atoms with Gasteiger partial charge in [-0.3, -0.25) is 14.5 Å². The number of carbonyl (C=O) groups excluding carboxylic acids is 2. The number of hydrogen-bond acceptors (Lipinski definition) is 4. The van der Waals surface area contributed by atoms with E-state index in [1.165, 1.54) is 22.5 Å². The van der Waals surface area contributed by atoms with Gasteiger partial charge >= 0.3 is 0 Å². The van der Waals surface area contributed by atoms with E-state index in [1.807, 2.05) is 22.4 Å². The fourth-order valence-corrected chi connectivity index (χ4v) is 4.85. The first kappa shape index (κ1) is 19.2. The van der Waals surface area contributed by atoms with Gasteiger partial charge in [0.05, 0.1) is 4.88 Å². The molecule has 2 amide bonds. The zero-order valence-electron chi connectivity index (χ0n) is 16.3. The number of likely N-dealkylation sites (tertiary alicyclic amines) is 1. The molecule has 0 saturated carbocycles. The minimum atomic E-state index is -0.294.